The highest BCUT2D eigenvalue weighted by atomic mass is 35.5. The van der Waals surface area contributed by atoms with Gasteiger partial charge in [-0.3, -0.25) is 0 Å². The largest absolute Gasteiger partial charge is 0.390 e. The molecule has 1 spiro atoms. The van der Waals surface area contributed by atoms with E-state index in [0.29, 0.717) is 0 Å². The third kappa shape index (κ3) is 5.45. The van der Waals surface area contributed by atoms with Gasteiger partial charge in [0.2, 0.25) is 0 Å². The fourth-order valence-corrected chi connectivity index (χ4v) is 4.17. The Bertz CT molecular complexity index is 596. The number of nitrogens with one attached hydrogen (secondary N) is 1. The molecule has 2 aliphatic rings. The van der Waals surface area contributed by atoms with Crippen molar-refractivity contribution in [3.8, 4) is 0 Å². The molecule has 3 rings (SSSR count). The standard InChI is InChI=1S/C22H34ClNO3/c1-4-19(17-5-7-18(23)8-6-17)24-14-13-21(25)9-11-22(12-10-21)26-15-20(2,3)16-27-22/h5-8,19,24-25H,4,9-16H2,1-3H3/t19-/m0/s1. The average Bonchev–Trinajstić information content (AvgIpc) is 2.65. The predicted octanol–water partition coefficient (Wildman–Crippen LogP) is 4.85. The zero-order valence-corrected chi connectivity index (χ0v) is 17.6. The van der Waals surface area contributed by atoms with Crippen LogP contribution >= 0.6 is 11.6 Å². The molecular weight excluding hydrogens is 362 g/mol. The Labute approximate surface area is 168 Å². The Balaban J connectivity index is 1.46. The number of hydrogen-bond donors (Lipinski definition) is 2. The van der Waals surface area contributed by atoms with E-state index < -0.39 is 11.4 Å². The molecule has 1 aliphatic heterocycles. The van der Waals surface area contributed by atoms with Crippen LogP contribution in [0.5, 0.6) is 0 Å². The van der Waals surface area contributed by atoms with Crippen LogP contribution in [0.1, 0.15) is 70.9 Å². The number of halogens is 1. The highest BCUT2D eigenvalue weighted by molar-refractivity contribution is 6.30. The van der Waals surface area contributed by atoms with Crippen molar-refractivity contribution in [1.29, 1.82) is 0 Å². The topological polar surface area (TPSA) is 50.7 Å². The Morgan fingerprint density at radius 3 is 2.22 bits per heavy atom. The molecular formula is C22H34ClNO3. The van der Waals surface area contributed by atoms with Gasteiger partial charge in [0.25, 0.3) is 0 Å². The maximum Gasteiger partial charge on any atom is 0.168 e. The van der Waals surface area contributed by atoms with Crippen LogP contribution < -0.4 is 5.32 Å². The van der Waals surface area contributed by atoms with Crippen molar-refractivity contribution < 1.29 is 14.6 Å². The van der Waals surface area contributed by atoms with Gasteiger partial charge in [-0.2, -0.15) is 0 Å². The van der Waals surface area contributed by atoms with Gasteiger partial charge in [0.15, 0.2) is 5.79 Å². The van der Waals surface area contributed by atoms with Crippen molar-refractivity contribution in [2.24, 2.45) is 5.41 Å². The smallest absolute Gasteiger partial charge is 0.168 e. The quantitative estimate of drug-likeness (QED) is 0.723. The normalized spacial score (nSPS) is 24.6. The summed E-state index contributed by atoms with van der Waals surface area (Å²) in [6, 6.07) is 8.29. The first-order valence-corrected chi connectivity index (χ1v) is 10.6. The molecule has 2 N–H and O–H groups in total. The molecule has 1 heterocycles. The molecule has 4 nitrogen and oxygen atoms in total. The second-order valence-electron chi connectivity index (χ2n) is 9.09. The number of ether oxygens (including phenoxy) is 2. The van der Waals surface area contributed by atoms with E-state index in [1.54, 1.807) is 0 Å². The van der Waals surface area contributed by atoms with E-state index in [-0.39, 0.29) is 11.5 Å². The van der Waals surface area contributed by atoms with Crippen LogP contribution in [0.3, 0.4) is 0 Å². The monoisotopic (exact) mass is 395 g/mol. The molecule has 2 fully saturated rings. The predicted molar refractivity (Wildman–Crippen MR) is 109 cm³/mol. The van der Waals surface area contributed by atoms with Gasteiger partial charge in [0, 0.05) is 29.3 Å². The lowest BCUT2D eigenvalue weighted by Gasteiger charge is -2.48. The number of hydrogen-bond acceptors (Lipinski definition) is 4. The van der Waals surface area contributed by atoms with Gasteiger partial charge >= 0.3 is 0 Å². The average molecular weight is 396 g/mol. The van der Waals surface area contributed by atoms with E-state index in [1.807, 2.05) is 12.1 Å². The van der Waals surface area contributed by atoms with Crippen LogP contribution in [0.4, 0.5) is 0 Å². The molecule has 0 unspecified atom stereocenters. The van der Waals surface area contributed by atoms with Crippen LogP contribution in [-0.2, 0) is 9.47 Å². The first-order valence-electron chi connectivity index (χ1n) is 10.2. The van der Waals surface area contributed by atoms with Crippen molar-refractivity contribution in [3.63, 3.8) is 0 Å². The van der Waals surface area contributed by atoms with Crippen LogP contribution in [0.15, 0.2) is 24.3 Å². The lowest BCUT2D eigenvalue weighted by Crippen LogP contribution is -2.52. The summed E-state index contributed by atoms with van der Waals surface area (Å²) in [6.07, 6.45) is 4.75. The molecule has 1 aliphatic carbocycles. The van der Waals surface area contributed by atoms with Crippen molar-refractivity contribution in [3.05, 3.63) is 34.9 Å². The van der Waals surface area contributed by atoms with Gasteiger partial charge in [-0.1, -0.05) is 44.5 Å². The zero-order chi connectivity index (χ0) is 19.5. The summed E-state index contributed by atoms with van der Waals surface area (Å²) in [7, 11) is 0. The lowest BCUT2D eigenvalue weighted by molar-refractivity contribution is -0.319. The van der Waals surface area contributed by atoms with Crippen LogP contribution in [0.25, 0.3) is 0 Å². The van der Waals surface area contributed by atoms with E-state index in [2.05, 4.69) is 38.2 Å². The van der Waals surface area contributed by atoms with Crippen LogP contribution in [-0.4, -0.2) is 36.3 Å². The summed E-state index contributed by atoms with van der Waals surface area (Å²) in [4.78, 5) is 0. The maximum absolute atomic E-state index is 11.0. The van der Waals surface area contributed by atoms with Crippen molar-refractivity contribution in [1.82, 2.24) is 5.32 Å². The summed E-state index contributed by atoms with van der Waals surface area (Å²) >= 11 is 5.99. The summed E-state index contributed by atoms with van der Waals surface area (Å²) in [5.41, 5.74) is 0.693. The molecule has 0 bridgehead atoms. The highest BCUT2D eigenvalue weighted by Crippen LogP contribution is 2.43. The minimum atomic E-state index is -0.629. The molecule has 1 saturated heterocycles. The highest BCUT2D eigenvalue weighted by Gasteiger charge is 2.46. The molecule has 1 saturated carbocycles. The molecule has 1 aromatic rings. The first-order chi connectivity index (χ1) is 12.7. The van der Waals surface area contributed by atoms with E-state index in [0.717, 1.165) is 63.3 Å². The lowest BCUT2D eigenvalue weighted by atomic mass is 9.78. The van der Waals surface area contributed by atoms with Crippen molar-refractivity contribution >= 4 is 11.6 Å². The fraction of sp³-hybridized carbons (Fsp3) is 0.727. The first kappa shape index (κ1) is 21.1. The Hall–Kier alpha value is -0.650. The van der Waals surface area contributed by atoms with Gasteiger partial charge in [0.05, 0.1) is 18.8 Å². The molecule has 27 heavy (non-hydrogen) atoms. The fourth-order valence-electron chi connectivity index (χ4n) is 4.04. The summed E-state index contributed by atoms with van der Waals surface area (Å²) in [5, 5.41) is 15.4. The number of rotatable bonds is 6. The number of aliphatic hydroxyl groups is 1. The SMILES string of the molecule is CC[C@H](NCCC1(O)CCC2(CC1)OCC(C)(C)CO2)c1ccc(Cl)cc1. The number of benzene rings is 1. The Kier molecular flexibility index (Phi) is 6.54. The maximum atomic E-state index is 11.0. The van der Waals surface area contributed by atoms with E-state index >= 15 is 0 Å². The van der Waals surface area contributed by atoms with Gasteiger partial charge in [-0.25, -0.2) is 0 Å². The van der Waals surface area contributed by atoms with Gasteiger partial charge in [-0.15, -0.1) is 0 Å². The molecule has 1 aromatic carbocycles. The minimum absolute atomic E-state index is 0.0831. The molecule has 1 atom stereocenters. The summed E-state index contributed by atoms with van der Waals surface area (Å²) < 4.78 is 12.2. The van der Waals surface area contributed by atoms with Crippen molar-refractivity contribution in [2.45, 2.75) is 76.7 Å². The van der Waals surface area contributed by atoms with Gasteiger partial charge in [-0.05, 0) is 49.9 Å². The van der Waals surface area contributed by atoms with Gasteiger partial charge in [0.1, 0.15) is 0 Å². The third-order valence-corrected chi connectivity index (χ3v) is 6.31. The second-order valence-corrected chi connectivity index (χ2v) is 9.53. The minimum Gasteiger partial charge on any atom is -0.390 e. The van der Waals surface area contributed by atoms with Gasteiger partial charge < -0.3 is 19.9 Å². The summed E-state index contributed by atoms with van der Waals surface area (Å²) in [5.74, 6) is -0.468. The molecule has 0 radical (unpaired) electrons. The third-order valence-electron chi connectivity index (χ3n) is 6.06. The zero-order valence-electron chi connectivity index (χ0n) is 16.9. The summed E-state index contributed by atoms with van der Waals surface area (Å²) in [6.45, 7) is 8.74. The molecule has 152 valence electrons. The van der Waals surface area contributed by atoms with Crippen molar-refractivity contribution in [2.75, 3.05) is 19.8 Å². The molecule has 0 amide bonds. The van der Waals surface area contributed by atoms with E-state index in [1.165, 1.54) is 5.56 Å². The van der Waals surface area contributed by atoms with Crippen LogP contribution in [0.2, 0.25) is 5.02 Å². The Morgan fingerprint density at radius 2 is 1.67 bits per heavy atom. The molecule has 5 heteroatoms. The molecule has 0 aromatic heterocycles. The van der Waals surface area contributed by atoms with E-state index in [4.69, 9.17) is 21.1 Å². The Morgan fingerprint density at radius 1 is 1.07 bits per heavy atom. The van der Waals surface area contributed by atoms with E-state index in [9.17, 15) is 5.11 Å². The second kappa shape index (κ2) is 8.38. The van der Waals surface area contributed by atoms with Crippen LogP contribution in [0, 0.1) is 5.41 Å².